The molecule has 3 nitrogen and oxygen atoms in total. The van der Waals surface area contributed by atoms with Crippen molar-refractivity contribution in [3.8, 4) is 0 Å². The first kappa shape index (κ1) is 8.97. The van der Waals surface area contributed by atoms with Gasteiger partial charge in [-0.05, 0) is 18.4 Å². The Morgan fingerprint density at radius 1 is 1.25 bits per heavy atom. The molecular weight excluding hydrogens is 150 g/mol. The molecule has 0 radical (unpaired) electrons. The van der Waals surface area contributed by atoms with Crippen molar-refractivity contribution >= 4 is 11.5 Å². The quantitative estimate of drug-likeness (QED) is 0.612. The fourth-order valence-corrected chi connectivity index (χ4v) is 1.67. The second kappa shape index (κ2) is 2.73. The van der Waals surface area contributed by atoms with Crippen molar-refractivity contribution in [2.24, 2.45) is 5.92 Å². The molecule has 0 atom stereocenters. The lowest BCUT2D eigenvalue weighted by atomic mass is 10.1. The molecule has 1 heterocycles. The van der Waals surface area contributed by atoms with Crippen molar-refractivity contribution in [3.63, 3.8) is 0 Å². The van der Waals surface area contributed by atoms with Crippen LogP contribution in [0, 0.1) is 16.7 Å². The summed E-state index contributed by atoms with van der Waals surface area (Å²) in [6.45, 7) is 6.08. The van der Waals surface area contributed by atoms with E-state index in [0.717, 1.165) is 11.3 Å². The maximum Gasteiger partial charge on any atom is 0.150 e. The number of hydrogen-bond acceptors (Lipinski definition) is 2. The lowest BCUT2D eigenvalue weighted by Gasteiger charge is -2.18. The zero-order valence-electron chi connectivity index (χ0n) is 8.02. The molecule has 0 unspecified atom stereocenters. The van der Waals surface area contributed by atoms with E-state index in [2.05, 4.69) is 13.8 Å². The molecule has 0 spiro atoms. The molecule has 0 aromatic rings. The van der Waals surface area contributed by atoms with E-state index in [4.69, 9.17) is 10.8 Å². The molecule has 0 saturated heterocycles. The largest absolute Gasteiger partial charge is 0.331 e. The third kappa shape index (κ3) is 1.05. The van der Waals surface area contributed by atoms with Gasteiger partial charge in [-0.3, -0.25) is 10.8 Å². The third-order valence-electron chi connectivity index (χ3n) is 2.24. The first-order valence-electron chi connectivity index (χ1n) is 4.09. The van der Waals surface area contributed by atoms with Gasteiger partial charge in [0, 0.05) is 12.7 Å². The fourth-order valence-electron chi connectivity index (χ4n) is 1.67. The Hall–Kier alpha value is -1.12. The van der Waals surface area contributed by atoms with Gasteiger partial charge in [-0.2, -0.15) is 0 Å². The van der Waals surface area contributed by atoms with E-state index >= 15 is 0 Å². The van der Waals surface area contributed by atoms with Crippen molar-refractivity contribution in [1.29, 1.82) is 10.8 Å². The molecule has 1 rings (SSSR count). The fraction of sp³-hybridized carbons (Fsp3) is 0.556. The number of hydrogen-bond donors (Lipinski definition) is 2. The van der Waals surface area contributed by atoms with Crippen LogP contribution in [0.25, 0.3) is 0 Å². The highest BCUT2D eigenvalue weighted by Crippen LogP contribution is 2.25. The second-order valence-electron chi connectivity index (χ2n) is 3.45. The molecule has 0 bridgehead atoms. The van der Waals surface area contributed by atoms with Crippen LogP contribution < -0.4 is 0 Å². The van der Waals surface area contributed by atoms with Crippen molar-refractivity contribution in [2.45, 2.75) is 20.8 Å². The summed E-state index contributed by atoms with van der Waals surface area (Å²) >= 11 is 0. The highest BCUT2D eigenvalue weighted by molar-refractivity contribution is 6.47. The highest BCUT2D eigenvalue weighted by Gasteiger charge is 2.28. The number of amidine groups is 1. The molecule has 0 aromatic carbocycles. The Balaban J connectivity index is 3.13. The third-order valence-corrected chi connectivity index (χ3v) is 2.24. The average Bonchev–Trinajstić information content (AvgIpc) is 2.16. The molecule has 0 amide bonds. The van der Waals surface area contributed by atoms with Gasteiger partial charge in [-0.1, -0.05) is 13.8 Å². The van der Waals surface area contributed by atoms with Gasteiger partial charge in [0.25, 0.3) is 0 Å². The molecule has 12 heavy (non-hydrogen) atoms. The molecule has 1 aliphatic rings. The van der Waals surface area contributed by atoms with E-state index < -0.39 is 0 Å². The molecule has 0 saturated carbocycles. The standard InChI is InChI=1S/C9H15N3/c1-5(2)8-6(3)7(10)9(11)12(8)4/h5,10-11H,1-4H3. The molecule has 0 aromatic heterocycles. The van der Waals surface area contributed by atoms with Gasteiger partial charge in [0.15, 0.2) is 5.84 Å². The number of allylic oxidation sites excluding steroid dienone is 1. The summed E-state index contributed by atoms with van der Waals surface area (Å²) in [5, 5.41) is 15.2. The minimum atomic E-state index is 0.316. The second-order valence-corrected chi connectivity index (χ2v) is 3.45. The maximum absolute atomic E-state index is 7.59. The van der Waals surface area contributed by atoms with Gasteiger partial charge >= 0.3 is 0 Å². The lowest BCUT2D eigenvalue weighted by molar-refractivity contribution is 0.534. The Morgan fingerprint density at radius 2 is 1.75 bits per heavy atom. The Morgan fingerprint density at radius 3 is 1.92 bits per heavy atom. The SMILES string of the molecule is CC1=C(C(C)C)N(C)C(=N)C1=N. The molecule has 66 valence electrons. The van der Waals surface area contributed by atoms with Crippen LogP contribution in [0.15, 0.2) is 11.3 Å². The maximum atomic E-state index is 7.59. The van der Waals surface area contributed by atoms with Crippen LogP contribution in [0.4, 0.5) is 0 Å². The Kier molecular flexibility index (Phi) is 2.04. The minimum Gasteiger partial charge on any atom is -0.331 e. The molecule has 2 N–H and O–H groups in total. The monoisotopic (exact) mass is 165 g/mol. The van der Waals surface area contributed by atoms with E-state index in [9.17, 15) is 0 Å². The molecule has 3 heteroatoms. The van der Waals surface area contributed by atoms with Crippen molar-refractivity contribution in [1.82, 2.24) is 4.90 Å². The predicted molar refractivity (Wildman–Crippen MR) is 50.8 cm³/mol. The van der Waals surface area contributed by atoms with Gasteiger partial charge < -0.3 is 4.90 Å². The summed E-state index contributed by atoms with van der Waals surface area (Å²) in [6, 6.07) is 0. The summed E-state index contributed by atoms with van der Waals surface area (Å²) in [7, 11) is 1.85. The summed E-state index contributed by atoms with van der Waals surface area (Å²) in [6.07, 6.45) is 0. The van der Waals surface area contributed by atoms with Gasteiger partial charge in [-0.15, -0.1) is 0 Å². The normalized spacial score (nSPS) is 18.6. The first-order valence-corrected chi connectivity index (χ1v) is 4.09. The van der Waals surface area contributed by atoms with Crippen LogP contribution >= 0.6 is 0 Å². The average molecular weight is 165 g/mol. The molecule has 0 fully saturated rings. The Labute approximate surface area is 73.1 Å². The van der Waals surface area contributed by atoms with Gasteiger partial charge in [0.2, 0.25) is 0 Å². The lowest BCUT2D eigenvalue weighted by Crippen LogP contribution is -2.25. The van der Waals surface area contributed by atoms with Crippen LogP contribution in [0.3, 0.4) is 0 Å². The summed E-state index contributed by atoms with van der Waals surface area (Å²) in [5.74, 6) is 0.703. The van der Waals surface area contributed by atoms with Crippen LogP contribution in [-0.4, -0.2) is 23.5 Å². The van der Waals surface area contributed by atoms with Gasteiger partial charge in [0.1, 0.15) is 5.71 Å². The van der Waals surface area contributed by atoms with Gasteiger partial charge in [0.05, 0.1) is 0 Å². The summed E-state index contributed by atoms with van der Waals surface area (Å²) in [4.78, 5) is 1.79. The highest BCUT2D eigenvalue weighted by atomic mass is 15.2. The molecule has 0 aliphatic carbocycles. The van der Waals surface area contributed by atoms with E-state index in [1.54, 1.807) is 4.90 Å². The molecule has 1 aliphatic heterocycles. The van der Waals surface area contributed by atoms with Crippen molar-refractivity contribution < 1.29 is 0 Å². The van der Waals surface area contributed by atoms with E-state index in [1.807, 2.05) is 14.0 Å². The first-order chi connectivity index (χ1) is 5.46. The zero-order chi connectivity index (χ0) is 9.46. The molecular formula is C9H15N3. The summed E-state index contributed by atoms with van der Waals surface area (Å²) < 4.78 is 0. The topological polar surface area (TPSA) is 50.9 Å². The minimum absolute atomic E-state index is 0.316. The number of nitrogens with one attached hydrogen (secondary N) is 2. The zero-order valence-corrected chi connectivity index (χ0v) is 8.02. The van der Waals surface area contributed by atoms with Crippen LogP contribution in [-0.2, 0) is 0 Å². The number of nitrogens with zero attached hydrogens (tertiary/aromatic N) is 1. The van der Waals surface area contributed by atoms with Gasteiger partial charge in [-0.25, -0.2) is 0 Å². The van der Waals surface area contributed by atoms with E-state index in [-0.39, 0.29) is 0 Å². The van der Waals surface area contributed by atoms with E-state index in [0.29, 0.717) is 17.5 Å². The van der Waals surface area contributed by atoms with Crippen molar-refractivity contribution in [3.05, 3.63) is 11.3 Å². The smallest absolute Gasteiger partial charge is 0.150 e. The van der Waals surface area contributed by atoms with Crippen LogP contribution in [0.2, 0.25) is 0 Å². The van der Waals surface area contributed by atoms with E-state index in [1.165, 1.54) is 0 Å². The Bertz CT molecular complexity index is 273. The van der Waals surface area contributed by atoms with Crippen LogP contribution in [0.5, 0.6) is 0 Å². The predicted octanol–water partition coefficient (Wildman–Crippen LogP) is 1.86. The van der Waals surface area contributed by atoms with Crippen LogP contribution in [0.1, 0.15) is 20.8 Å². The summed E-state index contributed by atoms with van der Waals surface area (Å²) in [5.41, 5.74) is 2.41. The number of rotatable bonds is 1. The van der Waals surface area contributed by atoms with Crippen molar-refractivity contribution in [2.75, 3.05) is 7.05 Å².